The molecule has 0 radical (unpaired) electrons. The van der Waals surface area contributed by atoms with Gasteiger partial charge in [-0.25, -0.2) is 9.48 Å². The van der Waals surface area contributed by atoms with Gasteiger partial charge in [-0.05, 0) is 36.7 Å². The van der Waals surface area contributed by atoms with Crippen LogP contribution in [0, 0.1) is 17.3 Å². The molecule has 0 aromatic carbocycles. The van der Waals surface area contributed by atoms with E-state index in [-0.39, 0.29) is 29.4 Å². The third-order valence-corrected chi connectivity index (χ3v) is 6.84. The summed E-state index contributed by atoms with van der Waals surface area (Å²) in [6.45, 7) is 4.93. The average Bonchev–Trinajstić information content (AvgIpc) is 3.08. The Labute approximate surface area is 172 Å². The second kappa shape index (κ2) is 7.25. The van der Waals surface area contributed by atoms with Gasteiger partial charge >= 0.3 is 12.1 Å². The fourth-order valence-corrected chi connectivity index (χ4v) is 5.06. The lowest BCUT2D eigenvalue weighted by Crippen LogP contribution is -2.46. The van der Waals surface area contributed by atoms with Crippen LogP contribution in [-0.4, -0.2) is 52.9 Å². The SMILES string of the molecule is COC(=O)[C@@H]1[C@@H]2[C@H](CN1C(=O)Cc1cc(C(F)(F)F)nn1C1CCCCO1)C2(C)C. The lowest BCUT2D eigenvalue weighted by atomic mass is 10.0. The number of methoxy groups -OCH3 is 1. The highest BCUT2D eigenvalue weighted by Gasteiger charge is 2.69. The summed E-state index contributed by atoms with van der Waals surface area (Å²) >= 11 is 0. The number of hydrogen-bond acceptors (Lipinski definition) is 5. The van der Waals surface area contributed by atoms with E-state index in [1.54, 1.807) is 0 Å². The van der Waals surface area contributed by atoms with E-state index < -0.39 is 36.0 Å². The fourth-order valence-electron chi connectivity index (χ4n) is 5.06. The minimum Gasteiger partial charge on any atom is -0.467 e. The third kappa shape index (κ3) is 3.48. The van der Waals surface area contributed by atoms with Crippen LogP contribution in [0.1, 0.15) is 50.7 Å². The summed E-state index contributed by atoms with van der Waals surface area (Å²) in [5.74, 6) is -0.699. The maximum absolute atomic E-state index is 13.3. The number of nitrogens with zero attached hydrogens (tertiary/aromatic N) is 3. The zero-order chi connectivity index (χ0) is 21.8. The fraction of sp³-hybridized carbons (Fsp3) is 0.750. The van der Waals surface area contributed by atoms with Crippen molar-refractivity contribution < 1.29 is 32.2 Å². The number of esters is 1. The highest BCUT2D eigenvalue weighted by Crippen LogP contribution is 2.65. The summed E-state index contributed by atoms with van der Waals surface area (Å²) in [5, 5.41) is 3.71. The van der Waals surface area contributed by atoms with E-state index in [0.29, 0.717) is 19.6 Å². The molecule has 4 atom stereocenters. The van der Waals surface area contributed by atoms with Crippen molar-refractivity contribution in [1.82, 2.24) is 14.7 Å². The Kier molecular flexibility index (Phi) is 5.11. The molecule has 4 rings (SSSR count). The smallest absolute Gasteiger partial charge is 0.435 e. The molecule has 1 aliphatic carbocycles. The quantitative estimate of drug-likeness (QED) is 0.689. The van der Waals surface area contributed by atoms with Crippen LogP contribution in [0.3, 0.4) is 0 Å². The van der Waals surface area contributed by atoms with Gasteiger partial charge in [-0.2, -0.15) is 18.3 Å². The summed E-state index contributed by atoms with van der Waals surface area (Å²) in [4.78, 5) is 26.9. The number of ether oxygens (including phenoxy) is 2. The predicted octanol–water partition coefficient (Wildman–Crippen LogP) is 2.80. The van der Waals surface area contributed by atoms with Crippen molar-refractivity contribution in [2.24, 2.45) is 17.3 Å². The molecule has 7 nitrogen and oxygen atoms in total. The van der Waals surface area contributed by atoms with E-state index in [9.17, 15) is 22.8 Å². The minimum absolute atomic E-state index is 0.00576. The van der Waals surface area contributed by atoms with Gasteiger partial charge in [0.25, 0.3) is 0 Å². The van der Waals surface area contributed by atoms with Crippen LogP contribution in [0.25, 0.3) is 0 Å². The number of likely N-dealkylation sites (tertiary alicyclic amines) is 1. The van der Waals surface area contributed by atoms with Gasteiger partial charge in [0.15, 0.2) is 5.69 Å². The molecule has 2 saturated heterocycles. The number of amides is 1. The molecule has 3 heterocycles. The van der Waals surface area contributed by atoms with Crippen LogP contribution in [0.5, 0.6) is 0 Å². The maximum Gasteiger partial charge on any atom is 0.435 e. The number of alkyl halides is 3. The number of hydrogen-bond donors (Lipinski definition) is 0. The molecule has 1 aromatic heterocycles. The molecular weight excluding hydrogens is 403 g/mol. The highest BCUT2D eigenvalue weighted by molar-refractivity contribution is 5.87. The van der Waals surface area contributed by atoms with Crippen molar-refractivity contribution in [2.45, 2.75) is 58.0 Å². The van der Waals surface area contributed by atoms with Crippen LogP contribution in [0.15, 0.2) is 6.07 Å². The number of halogens is 3. The Hall–Kier alpha value is -2.10. The first-order chi connectivity index (χ1) is 14.1. The Morgan fingerprint density at radius 3 is 2.67 bits per heavy atom. The molecule has 166 valence electrons. The number of rotatable bonds is 4. The molecule has 30 heavy (non-hydrogen) atoms. The zero-order valence-corrected chi connectivity index (χ0v) is 17.2. The van der Waals surface area contributed by atoms with Crippen molar-refractivity contribution in [3.8, 4) is 0 Å². The van der Waals surface area contributed by atoms with Gasteiger partial charge in [-0.15, -0.1) is 0 Å². The minimum atomic E-state index is -4.62. The molecule has 1 unspecified atom stereocenters. The van der Waals surface area contributed by atoms with E-state index in [1.165, 1.54) is 16.7 Å². The first-order valence-electron chi connectivity index (χ1n) is 10.2. The van der Waals surface area contributed by atoms with Gasteiger partial charge < -0.3 is 14.4 Å². The second-order valence-corrected chi connectivity index (χ2v) is 8.93. The van der Waals surface area contributed by atoms with Crippen molar-refractivity contribution in [3.05, 3.63) is 17.5 Å². The van der Waals surface area contributed by atoms with Crippen LogP contribution < -0.4 is 0 Å². The predicted molar refractivity (Wildman–Crippen MR) is 98.1 cm³/mol. The largest absolute Gasteiger partial charge is 0.467 e. The Morgan fingerprint density at radius 2 is 2.07 bits per heavy atom. The molecule has 0 spiro atoms. The highest BCUT2D eigenvalue weighted by atomic mass is 19.4. The van der Waals surface area contributed by atoms with Gasteiger partial charge in [0.05, 0.1) is 19.2 Å². The second-order valence-electron chi connectivity index (χ2n) is 8.93. The standard InChI is InChI=1S/C20H26F3N3O4/c1-19(2)12-10-25(17(16(12)19)18(28)29-3)14(27)9-11-8-13(20(21,22)23)24-26(11)15-6-4-5-7-30-15/h8,12,15-17H,4-7,9-10H2,1-3H3/t12-,15?,16-,17-/m0/s1. The van der Waals surface area contributed by atoms with Crippen LogP contribution >= 0.6 is 0 Å². The number of aromatic nitrogens is 2. The topological polar surface area (TPSA) is 73.7 Å². The third-order valence-electron chi connectivity index (χ3n) is 6.84. The van der Waals surface area contributed by atoms with Gasteiger partial charge in [0, 0.05) is 19.1 Å². The summed E-state index contributed by atoms with van der Waals surface area (Å²) in [7, 11) is 1.28. The lowest BCUT2D eigenvalue weighted by Gasteiger charge is -2.29. The van der Waals surface area contributed by atoms with Crippen LogP contribution in [0.2, 0.25) is 0 Å². The Balaban J connectivity index is 1.58. The Morgan fingerprint density at radius 1 is 1.33 bits per heavy atom. The van der Waals surface area contributed by atoms with Gasteiger partial charge in [-0.3, -0.25) is 4.79 Å². The number of carbonyl (C=O) groups excluding carboxylic acids is 2. The summed E-state index contributed by atoms with van der Waals surface area (Å²) in [5.41, 5.74) is -0.964. The molecule has 1 saturated carbocycles. The van der Waals surface area contributed by atoms with Crippen molar-refractivity contribution >= 4 is 11.9 Å². The van der Waals surface area contributed by atoms with Crippen molar-refractivity contribution in [2.75, 3.05) is 20.3 Å². The lowest BCUT2D eigenvalue weighted by molar-refractivity contribution is -0.152. The molecule has 1 amide bonds. The summed E-state index contributed by atoms with van der Waals surface area (Å²) in [6.07, 6.45) is -3.34. The molecule has 0 bridgehead atoms. The molecule has 3 aliphatic rings. The van der Waals surface area contributed by atoms with Crippen LogP contribution in [-0.2, 0) is 31.7 Å². The molecule has 10 heteroatoms. The maximum atomic E-state index is 13.3. The number of carbonyl (C=O) groups is 2. The first-order valence-corrected chi connectivity index (χ1v) is 10.2. The first kappa shape index (κ1) is 21.1. The van der Waals surface area contributed by atoms with E-state index in [4.69, 9.17) is 9.47 Å². The monoisotopic (exact) mass is 429 g/mol. The zero-order valence-electron chi connectivity index (χ0n) is 17.2. The summed E-state index contributed by atoms with van der Waals surface area (Å²) in [6, 6.07) is 0.205. The van der Waals surface area contributed by atoms with E-state index in [2.05, 4.69) is 5.10 Å². The van der Waals surface area contributed by atoms with Gasteiger partial charge in [-0.1, -0.05) is 13.8 Å². The normalized spacial score (nSPS) is 30.1. The number of fused-ring (bicyclic) bond motifs is 1. The number of piperidine rings is 1. The molecule has 0 N–H and O–H groups in total. The molecular formula is C20H26F3N3O4. The molecule has 2 aliphatic heterocycles. The van der Waals surface area contributed by atoms with Crippen molar-refractivity contribution in [1.29, 1.82) is 0 Å². The molecule has 3 fully saturated rings. The van der Waals surface area contributed by atoms with Gasteiger partial charge in [0.1, 0.15) is 12.3 Å². The molecule has 1 aromatic rings. The van der Waals surface area contributed by atoms with E-state index in [0.717, 1.165) is 18.9 Å². The Bertz CT molecular complexity index is 845. The van der Waals surface area contributed by atoms with Gasteiger partial charge in [0.2, 0.25) is 5.91 Å². The van der Waals surface area contributed by atoms with Crippen LogP contribution in [0.4, 0.5) is 13.2 Å². The van der Waals surface area contributed by atoms with E-state index in [1.807, 2.05) is 13.8 Å². The van der Waals surface area contributed by atoms with Crippen molar-refractivity contribution in [3.63, 3.8) is 0 Å². The van der Waals surface area contributed by atoms with E-state index >= 15 is 0 Å². The summed E-state index contributed by atoms with van der Waals surface area (Å²) < 4.78 is 51.5. The average molecular weight is 429 g/mol.